The molecule has 0 atom stereocenters. The lowest BCUT2D eigenvalue weighted by molar-refractivity contribution is -0.120. The molecule has 1 aromatic heterocycles. The van der Waals surface area contributed by atoms with Gasteiger partial charge >= 0.3 is 0 Å². The zero-order chi connectivity index (χ0) is 11.7. The van der Waals surface area contributed by atoms with Crippen molar-refractivity contribution < 1.29 is 9.59 Å². The summed E-state index contributed by atoms with van der Waals surface area (Å²) in [6.07, 6.45) is 0.962. The van der Waals surface area contributed by atoms with Crippen LogP contribution in [0.4, 0.5) is 0 Å². The molecule has 6 heteroatoms. The Morgan fingerprint density at radius 1 is 1.31 bits per heavy atom. The normalized spacial score (nSPS) is 16.6. The van der Waals surface area contributed by atoms with E-state index >= 15 is 0 Å². The van der Waals surface area contributed by atoms with E-state index < -0.39 is 0 Å². The summed E-state index contributed by atoms with van der Waals surface area (Å²) in [6.45, 7) is 1.08. The van der Waals surface area contributed by atoms with Gasteiger partial charge in [-0.15, -0.1) is 11.3 Å². The number of ketones is 1. The van der Waals surface area contributed by atoms with Gasteiger partial charge in [-0.2, -0.15) is 0 Å². The fourth-order valence-corrected chi connectivity index (χ4v) is 4.39. The summed E-state index contributed by atoms with van der Waals surface area (Å²) in [5.41, 5.74) is 0.672. The first-order valence-electron chi connectivity index (χ1n) is 4.83. The molecule has 0 saturated carbocycles. The molecule has 1 aliphatic rings. The van der Waals surface area contributed by atoms with Gasteiger partial charge in [0, 0.05) is 25.9 Å². The fraction of sp³-hybridized carbons (Fsp3) is 0.400. The molecule has 0 unspecified atom stereocenters. The molecule has 1 saturated heterocycles. The number of hydrogen-bond donors (Lipinski definition) is 0. The third kappa shape index (κ3) is 2.55. The van der Waals surface area contributed by atoms with Crippen molar-refractivity contribution >= 4 is 54.9 Å². The molecule has 1 aliphatic heterocycles. The Labute approximate surface area is 114 Å². The van der Waals surface area contributed by atoms with Crippen LogP contribution < -0.4 is 0 Å². The largest absolute Gasteiger partial charge is 0.338 e. The summed E-state index contributed by atoms with van der Waals surface area (Å²) in [5.74, 6) is 0.246. The van der Waals surface area contributed by atoms with Gasteiger partial charge in [0.15, 0.2) is 0 Å². The van der Waals surface area contributed by atoms with Crippen LogP contribution in [0.5, 0.6) is 0 Å². The van der Waals surface area contributed by atoms with Gasteiger partial charge in [0.2, 0.25) is 0 Å². The molecular formula is C10H9Br2NO2S. The molecule has 16 heavy (non-hydrogen) atoms. The first-order chi connectivity index (χ1) is 7.58. The number of rotatable bonds is 1. The summed E-state index contributed by atoms with van der Waals surface area (Å²) in [4.78, 5) is 24.9. The van der Waals surface area contributed by atoms with E-state index in [1.165, 1.54) is 11.3 Å². The molecule has 2 rings (SSSR count). The van der Waals surface area contributed by atoms with E-state index in [-0.39, 0.29) is 11.7 Å². The SMILES string of the molecule is O=C1CCN(C(=O)c2cc(Br)sc2Br)CC1. The Bertz CT molecular complexity index is 434. The van der Waals surface area contributed by atoms with Crippen LogP contribution in [0.15, 0.2) is 13.6 Å². The van der Waals surface area contributed by atoms with Crippen molar-refractivity contribution in [2.45, 2.75) is 12.8 Å². The number of piperidine rings is 1. The lowest BCUT2D eigenvalue weighted by Gasteiger charge is -2.25. The monoisotopic (exact) mass is 365 g/mol. The standard InChI is InChI=1S/C10H9Br2NO2S/c11-8-5-7(9(12)16-8)10(15)13-3-1-6(14)2-4-13/h5H,1-4H2. The van der Waals surface area contributed by atoms with E-state index in [9.17, 15) is 9.59 Å². The summed E-state index contributed by atoms with van der Waals surface area (Å²) in [7, 11) is 0. The molecule has 0 bridgehead atoms. The zero-order valence-electron chi connectivity index (χ0n) is 8.33. The Morgan fingerprint density at radius 3 is 2.44 bits per heavy atom. The summed E-state index contributed by atoms with van der Waals surface area (Å²) < 4.78 is 1.76. The van der Waals surface area contributed by atoms with Crippen LogP contribution in [0.2, 0.25) is 0 Å². The van der Waals surface area contributed by atoms with Crippen molar-refractivity contribution in [2.75, 3.05) is 13.1 Å². The second-order valence-corrected chi connectivity index (χ2v) is 7.32. The van der Waals surface area contributed by atoms with Gasteiger partial charge in [0.1, 0.15) is 5.78 Å². The van der Waals surface area contributed by atoms with E-state index in [1.807, 2.05) is 6.07 Å². The van der Waals surface area contributed by atoms with Crippen LogP contribution in [0.1, 0.15) is 23.2 Å². The van der Waals surface area contributed by atoms with Gasteiger partial charge in [-0.05, 0) is 37.9 Å². The smallest absolute Gasteiger partial charge is 0.255 e. The number of halogens is 2. The topological polar surface area (TPSA) is 37.4 Å². The van der Waals surface area contributed by atoms with Crippen molar-refractivity contribution in [1.82, 2.24) is 4.90 Å². The zero-order valence-corrected chi connectivity index (χ0v) is 12.3. The average Bonchev–Trinajstić information content (AvgIpc) is 2.58. The molecule has 86 valence electrons. The second-order valence-electron chi connectivity index (χ2n) is 3.57. The first kappa shape index (κ1) is 12.3. The van der Waals surface area contributed by atoms with Crippen LogP contribution in [0.25, 0.3) is 0 Å². The molecular weight excluding hydrogens is 358 g/mol. The van der Waals surface area contributed by atoms with Gasteiger partial charge in [-0.25, -0.2) is 0 Å². The number of hydrogen-bond acceptors (Lipinski definition) is 3. The average molecular weight is 367 g/mol. The van der Waals surface area contributed by atoms with Gasteiger partial charge < -0.3 is 4.90 Å². The van der Waals surface area contributed by atoms with Crippen LogP contribution in [-0.2, 0) is 4.79 Å². The van der Waals surface area contributed by atoms with E-state index in [4.69, 9.17) is 0 Å². The third-order valence-electron chi connectivity index (χ3n) is 2.50. The third-order valence-corrected chi connectivity index (χ3v) is 4.83. The number of nitrogens with zero attached hydrogens (tertiary/aromatic N) is 1. The maximum atomic E-state index is 12.1. The van der Waals surface area contributed by atoms with E-state index in [1.54, 1.807) is 4.90 Å². The molecule has 0 aromatic carbocycles. The van der Waals surface area contributed by atoms with Crippen molar-refractivity contribution in [2.24, 2.45) is 0 Å². The van der Waals surface area contributed by atoms with Crippen molar-refractivity contribution in [3.05, 3.63) is 19.2 Å². The van der Waals surface area contributed by atoms with Gasteiger partial charge in [-0.1, -0.05) is 0 Å². The predicted octanol–water partition coefficient (Wildman–Crippen LogP) is 3.08. The van der Waals surface area contributed by atoms with E-state index in [0.29, 0.717) is 31.5 Å². The van der Waals surface area contributed by atoms with Gasteiger partial charge in [-0.3, -0.25) is 9.59 Å². The number of Topliss-reactive ketones (excluding diaryl/α,β-unsaturated/α-hetero) is 1. The first-order valence-corrected chi connectivity index (χ1v) is 7.24. The van der Waals surface area contributed by atoms with Crippen LogP contribution in [0, 0.1) is 0 Å². The lowest BCUT2D eigenvalue weighted by atomic mass is 10.1. The molecule has 0 radical (unpaired) electrons. The summed E-state index contributed by atoms with van der Waals surface area (Å²) >= 11 is 8.20. The van der Waals surface area contributed by atoms with Crippen molar-refractivity contribution in [3.63, 3.8) is 0 Å². The fourth-order valence-electron chi connectivity index (χ4n) is 1.62. The number of carbonyl (C=O) groups is 2. The molecule has 1 fully saturated rings. The van der Waals surface area contributed by atoms with Crippen molar-refractivity contribution in [1.29, 1.82) is 0 Å². The minimum atomic E-state index is 0.00123. The van der Waals surface area contributed by atoms with Crippen LogP contribution >= 0.6 is 43.2 Å². The van der Waals surface area contributed by atoms with Gasteiger partial charge in [0.25, 0.3) is 5.91 Å². The summed E-state index contributed by atoms with van der Waals surface area (Å²) in [6, 6.07) is 1.81. The molecule has 1 amide bonds. The molecule has 2 heterocycles. The maximum absolute atomic E-state index is 12.1. The minimum absolute atomic E-state index is 0.00123. The number of thiophene rings is 1. The number of carbonyl (C=O) groups excluding carboxylic acids is 2. The Kier molecular flexibility index (Phi) is 3.81. The highest BCUT2D eigenvalue weighted by Crippen LogP contribution is 2.32. The molecule has 0 N–H and O–H groups in total. The number of likely N-dealkylation sites (tertiary alicyclic amines) is 1. The Hall–Kier alpha value is -0.200. The minimum Gasteiger partial charge on any atom is -0.338 e. The van der Waals surface area contributed by atoms with E-state index in [0.717, 1.165) is 7.57 Å². The Morgan fingerprint density at radius 2 is 1.94 bits per heavy atom. The predicted molar refractivity (Wildman–Crippen MR) is 69.9 cm³/mol. The maximum Gasteiger partial charge on any atom is 0.255 e. The van der Waals surface area contributed by atoms with E-state index in [2.05, 4.69) is 31.9 Å². The molecule has 3 nitrogen and oxygen atoms in total. The quantitative estimate of drug-likeness (QED) is 0.765. The highest BCUT2D eigenvalue weighted by atomic mass is 79.9. The van der Waals surface area contributed by atoms with Crippen LogP contribution in [0.3, 0.4) is 0 Å². The van der Waals surface area contributed by atoms with Gasteiger partial charge in [0.05, 0.1) is 13.1 Å². The molecule has 0 aliphatic carbocycles. The number of amides is 1. The molecule has 1 aromatic rings. The van der Waals surface area contributed by atoms with Crippen molar-refractivity contribution in [3.8, 4) is 0 Å². The second kappa shape index (κ2) is 4.98. The lowest BCUT2D eigenvalue weighted by Crippen LogP contribution is -2.38. The highest BCUT2D eigenvalue weighted by molar-refractivity contribution is 9.12. The highest BCUT2D eigenvalue weighted by Gasteiger charge is 2.24. The summed E-state index contributed by atoms with van der Waals surface area (Å²) in [5, 5.41) is 0. The molecule has 0 spiro atoms. The van der Waals surface area contributed by atoms with Crippen LogP contribution in [-0.4, -0.2) is 29.7 Å². The Balaban J connectivity index is 2.13.